The summed E-state index contributed by atoms with van der Waals surface area (Å²) in [6.07, 6.45) is 0. The lowest BCUT2D eigenvalue weighted by Crippen LogP contribution is -2.40. The van der Waals surface area contributed by atoms with E-state index in [2.05, 4.69) is 56.2 Å². The normalized spacial score (nSPS) is 22.2. The van der Waals surface area contributed by atoms with Crippen molar-refractivity contribution in [1.82, 2.24) is 14.7 Å². The molecule has 0 aliphatic carbocycles. The second-order valence-corrected chi connectivity index (χ2v) is 8.23. The molecule has 0 atom stereocenters. The Kier molecular flexibility index (Phi) is 16.4. The van der Waals surface area contributed by atoms with Crippen molar-refractivity contribution < 1.29 is 14.2 Å². The van der Waals surface area contributed by atoms with Gasteiger partial charge in [-0.25, -0.2) is 0 Å². The van der Waals surface area contributed by atoms with Crippen LogP contribution in [-0.2, 0) is 14.2 Å². The fraction of sp³-hybridized carbons (Fsp3) is 1.00. The summed E-state index contributed by atoms with van der Waals surface area (Å²) in [5, 5.41) is 0. The first kappa shape index (κ1) is 27.8. The summed E-state index contributed by atoms with van der Waals surface area (Å²) < 4.78 is 17.7. The van der Waals surface area contributed by atoms with E-state index in [4.69, 9.17) is 14.2 Å². The summed E-state index contributed by atoms with van der Waals surface area (Å²) in [4.78, 5) is 7.33. The zero-order valence-electron chi connectivity index (χ0n) is 18.8. The second-order valence-electron chi connectivity index (χ2n) is 8.23. The fourth-order valence-electron chi connectivity index (χ4n) is 3.28. The predicted molar refractivity (Wildman–Crippen MR) is 119 cm³/mol. The van der Waals surface area contributed by atoms with Gasteiger partial charge in [-0.2, -0.15) is 0 Å². The van der Waals surface area contributed by atoms with Crippen LogP contribution in [0.2, 0.25) is 0 Å². The van der Waals surface area contributed by atoms with Gasteiger partial charge in [0.25, 0.3) is 0 Å². The molecular formula is C22H49N3O3. The zero-order chi connectivity index (χ0) is 20.1. The topological polar surface area (TPSA) is 37.4 Å². The molecule has 6 nitrogen and oxygen atoms in total. The van der Waals surface area contributed by atoms with Gasteiger partial charge in [0.2, 0.25) is 0 Å². The van der Waals surface area contributed by atoms with Crippen LogP contribution in [0, 0.1) is 0 Å². The summed E-state index contributed by atoms with van der Waals surface area (Å²) in [5.41, 5.74) is 0. The highest BCUT2D eigenvalue weighted by molar-refractivity contribution is 4.66. The van der Waals surface area contributed by atoms with Crippen LogP contribution in [0.15, 0.2) is 0 Å². The van der Waals surface area contributed by atoms with Gasteiger partial charge in [-0.05, 0) is 41.5 Å². The van der Waals surface area contributed by atoms with Crippen molar-refractivity contribution in [2.75, 3.05) is 78.9 Å². The van der Waals surface area contributed by atoms with Crippen LogP contribution in [0.1, 0.15) is 49.0 Å². The maximum absolute atomic E-state index is 5.91. The van der Waals surface area contributed by atoms with Crippen LogP contribution in [0.5, 0.6) is 0 Å². The van der Waals surface area contributed by atoms with E-state index >= 15 is 0 Å². The average Bonchev–Trinajstić information content (AvgIpc) is 2.60. The first-order valence-corrected chi connectivity index (χ1v) is 10.9. The Morgan fingerprint density at radius 2 is 0.607 bits per heavy atom. The number of nitrogens with zero attached hydrogens (tertiary/aromatic N) is 3. The van der Waals surface area contributed by atoms with Crippen molar-refractivity contribution in [2.24, 2.45) is 0 Å². The largest absolute Gasteiger partial charge is 0.379 e. The molecule has 1 rings (SSSR count). The minimum atomic E-state index is 0. The molecule has 0 radical (unpaired) electrons. The summed E-state index contributed by atoms with van der Waals surface area (Å²) in [6.45, 7) is 23.9. The Bertz CT molecular complexity index is 284. The van der Waals surface area contributed by atoms with E-state index in [0.29, 0.717) is 18.1 Å². The third-order valence-corrected chi connectivity index (χ3v) is 5.33. The van der Waals surface area contributed by atoms with E-state index in [1.54, 1.807) is 0 Å². The lowest BCUT2D eigenvalue weighted by Gasteiger charge is -2.29. The monoisotopic (exact) mass is 403 g/mol. The number of rotatable bonds is 3. The van der Waals surface area contributed by atoms with Gasteiger partial charge < -0.3 is 14.2 Å². The molecule has 0 amide bonds. The molecule has 0 saturated carbocycles. The molecule has 0 bridgehead atoms. The third kappa shape index (κ3) is 12.3. The maximum atomic E-state index is 5.91. The third-order valence-electron chi connectivity index (χ3n) is 5.33. The van der Waals surface area contributed by atoms with Gasteiger partial charge in [-0.3, -0.25) is 14.7 Å². The highest BCUT2D eigenvalue weighted by Gasteiger charge is 2.13. The summed E-state index contributed by atoms with van der Waals surface area (Å²) >= 11 is 0. The first-order chi connectivity index (χ1) is 12.9. The van der Waals surface area contributed by atoms with Gasteiger partial charge >= 0.3 is 0 Å². The molecule has 0 aromatic carbocycles. The van der Waals surface area contributed by atoms with Crippen LogP contribution in [0.25, 0.3) is 0 Å². The Morgan fingerprint density at radius 1 is 0.429 bits per heavy atom. The molecule has 0 N–H and O–H groups in total. The molecule has 0 aromatic rings. The molecule has 6 heteroatoms. The fourth-order valence-corrected chi connectivity index (χ4v) is 3.28. The Hall–Kier alpha value is -0.240. The van der Waals surface area contributed by atoms with E-state index < -0.39 is 0 Å². The molecule has 170 valence electrons. The van der Waals surface area contributed by atoms with Crippen LogP contribution in [0.4, 0.5) is 0 Å². The van der Waals surface area contributed by atoms with Crippen LogP contribution < -0.4 is 0 Å². The van der Waals surface area contributed by atoms with Crippen LogP contribution >= 0.6 is 0 Å². The number of ether oxygens (including phenoxy) is 3. The Morgan fingerprint density at radius 3 is 0.750 bits per heavy atom. The molecule has 0 spiro atoms. The molecule has 1 fully saturated rings. The van der Waals surface area contributed by atoms with Crippen LogP contribution in [0.3, 0.4) is 0 Å². The van der Waals surface area contributed by atoms with E-state index in [1.807, 2.05) is 0 Å². The molecule has 1 aliphatic rings. The van der Waals surface area contributed by atoms with Gasteiger partial charge in [0.1, 0.15) is 0 Å². The standard InChI is InChI=1S/C21H45N3O3.CH4/c1-19(2)22-7-13-25-15-9-23(20(3)4)11-17-27-18-12-24(21(5)6)10-16-26-14-8-22;/h19-21H,7-18H2,1-6H3;1H4. The highest BCUT2D eigenvalue weighted by atomic mass is 16.5. The molecule has 1 aliphatic heterocycles. The molecule has 28 heavy (non-hydrogen) atoms. The van der Waals surface area contributed by atoms with Crippen molar-refractivity contribution in [3.05, 3.63) is 0 Å². The van der Waals surface area contributed by atoms with Gasteiger partial charge in [0.05, 0.1) is 39.6 Å². The Balaban J connectivity index is 0.00000729. The second kappa shape index (κ2) is 16.5. The smallest absolute Gasteiger partial charge is 0.0594 e. The summed E-state index contributed by atoms with van der Waals surface area (Å²) in [5.74, 6) is 0. The quantitative estimate of drug-likeness (QED) is 0.721. The lowest BCUT2D eigenvalue weighted by atomic mass is 10.3. The Labute approximate surface area is 175 Å². The molecule has 0 aromatic heterocycles. The van der Waals surface area contributed by atoms with Crippen molar-refractivity contribution >= 4 is 0 Å². The van der Waals surface area contributed by atoms with Gasteiger partial charge in [-0.15, -0.1) is 0 Å². The van der Waals surface area contributed by atoms with Crippen molar-refractivity contribution in [3.63, 3.8) is 0 Å². The molecule has 1 heterocycles. The zero-order valence-corrected chi connectivity index (χ0v) is 18.8. The average molecular weight is 404 g/mol. The molecular weight excluding hydrogens is 354 g/mol. The van der Waals surface area contributed by atoms with Crippen molar-refractivity contribution in [1.29, 1.82) is 0 Å². The van der Waals surface area contributed by atoms with Gasteiger partial charge in [0, 0.05) is 57.4 Å². The predicted octanol–water partition coefficient (Wildman–Crippen LogP) is 2.82. The maximum Gasteiger partial charge on any atom is 0.0594 e. The SMILES string of the molecule is C.CC(C)N1CCOCCN(C(C)C)CCOCCN(C(C)C)CCOCC1. The van der Waals surface area contributed by atoms with E-state index in [1.165, 1.54) is 0 Å². The highest BCUT2D eigenvalue weighted by Crippen LogP contribution is 2.02. The lowest BCUT2D eigenvalue weighted by molar-refractivity contribution is 0.0238. The minimum absolute atomic E-state index is 0. The number of hydrogen-bond acceptors (Lipinski definition) is 6. The number of hydrogen-bond donors (Lipinski definition) is 0. The summed E-state index contributed by atoms with van der Waals surface area (Å²) in [7, 11) is 0. The van der Waals surface area contributed by atoms with E-state index in [0.717, 1.165) is 78.9 Å². The van der Waals surface area contributed by atoms with E-state index in [-0.39, 0.29) is 7.43 Å². The summed E-state index contributed by atoms with van der Waals surface area (Å²) in [6, 6.07) is 1.54. The first-order valence-electron chi connectivity index (χ1n) is 10.9. The van der Waals surface area contributed by atoms with Gasteiger partial charge in [-0.1, -0.05) is 7.43 Å². The van der Waals surface area contributed by atoms with Crippen molar-refractivity contribution in [3.8, 4) is 0 Å². The van der Waals surface area contributed by atoms with Crippen LogP contribution in [-0.4, -0.2) is 112 Å². The van der Waals surface area contributed by atoms with Gasteiger partial charge in [0.15, 0.2) is 0 Å². The minimum Gasteiger partial charge on any atom is -0.379 e. The van der Waals surface area contributed by atoms with E-state index in [9.17, 15) is 0 Å². The van der Waals surface area contributed by atoms with Crippen molar-refractivity contribution in [2.45, 2.75) is 67.1 Å². The molecule has 1 saturated heterocycles. The molecule has 0 unspecified atom stereocenters.